The van der Waals surface area contributed by atoms with Gasteiger partial charge in [0.1, 0.15) is 4.60 Å². The van der Waals surface area contributed by atoms with Crippen molar-refractivity contribution in [2.75, 3.05) is 0 Å². The lowest BCUT2D eigenvalue weighted by Gasteiger charge is -2.20. The molecule has 1 fully saturated rings. The number of nitrogens with zero attached hydrogens (tertiary/aromatic N) is 2. The number of rotatable bonds is 2. The van der Waals surface area contributed by atoms with Gasteiger partial charge in [0.2, 0.25) is 0 Å². The van der Waals surface area contributed by atoms with Crippen LogP contribution < -0.4 is 5.73 Å². The Kier molecular flexibility index (Phi) is 2.35. The standard InChI is InChI=1S/C13H16BrN3/c1-8(15)13(5-6-13)9-3-4-10-11(7-9)17(2)16-12(10)14/h3-4,7-8H,5-6,15H2,1-2H3. The Bertz CT molecular complexity index is 582. The number of hydrogen-bond donors (Lipinski definition) is 1. The predicted molar refractivity (Wildman–Crippen MR) is 73.0 cm³/mol. The molecule has 4 heteroatoms. The summed E-state index contributed by atoms with van der Waals surface area (Å²) >= 11 is 3.48. The average molecular weight is 294 g/mol. The molecule has 1 aromatic heterocycles. The SMILES string of the molecule is CC(N)C1(c2ccc3c(Br)nn(C)c3c2)CC1. The van der Waals surface area contributed by atoms with Crippen LogP contribution in [0.25, 0.3) is 10.9 Å². The first-order valence-corrected chi connectivity index (χ1v) is 6.72. The Hall–Kier alpha value is -0.870. The Labute approximate surface area is 109 Å². The maximum atomic E-state index is 6.12. The third kappa shape index (κ3) is 1.54. The summed E-state index contributed by atoms with van der Waals surface area (Å²) in [5.74, 6) is 0. The van der Waals surface area contributed by atoms with Crippen molar-refractivity contribution in [2.24, 2.45) is 12.8 Å². The smallest absolute Gasteiger partial charge is 0.135 e. The van der Waals surface area contributed by atoms with Gasteiger partial charge in [-0.15, -0.1) is 0 Å². The van der Waals surface area contributed by atoms with Gasteiger partial charge in [0.25, 0.3) is 0 Å². The molecule has 1 saturated carbocycles. The summed E-state index contributed by atoms with van der Waals surface area (Å²) in [4.78, 5) is 0. The zero-order valence-corrected chi connectivity index (χ0v) is 11.7. The summed E-state index contributed by atoms with van der Waals surface area (Å²) in [7, 11) is 1.97. The second kappa shape index (κ2) is 3.56. The fraction of sp³-hybridized carbons (Fsp3) is 0.462. The van der Waals surface area contributed by atoms with Gasteiger partial charge in [0.05, 0.1) is 5.52 Å². The quantitative estimate of drug-likeness (QED) is 0.925. The molecule has 1 aromatic carbocycles. The van der Waals surface area contributed by atoms with Gasteiger partial charge in [0, 0.05) is 23.9 Å². The van der Waals surface area contributed by atoms with Gasteiger partial charge in [-0.05, 0) is 53.4 Å². The molecule has 17 heavy (non-hydrogen) atoms. The minimum absolute atomic E-state index is 0.213. The van der Waals surface area contributed by atoms with Crippen molar-refractivity contribution in [3.63, 3.8) is 0 Å². The van der Waals surface area contributed by atoms with Crippen LogP contribution in [0.4, 0.5) is 0 Å². The highest BCUT2D eigenvalue weighted by Crippen LogP contribution is 2.50. The second-order valence-electron chi connectivity index (χ2n) is 5.09. The van der Waals surface area contributed by atoms with Crippen molar-refractivity contribution in [3.05, 3.63) is 28.4 Å². The molecular weight excluding hydrogens is 278 g/mol. The largest absolute Gasteiger partial charge is 0.327 e. The maximum absolute atomic E-state index is 6.12. The van der Waals surface area contributed by atoms with E-state index in [0.717, 1.165) is 9.99 Å². The van der Waals surface area contributed by atoms with Gasteiger partial charge < -0.3 is 5.73 Å². The van der Waals surface area contributed by atoms with Gasteiger partial charge in [-0.2, -0.15) is 5.10 Å². The number of halogens is 1. The maximum Gasteiger partial charge on any atom is 0.135 e. The molecule has 1 heterocycles. The van der Waals surface area contributed by atoms with E-state index >= 15 is 0 Å². The number of nitrogens with two attached hydrogens (primary N) is 1. The van der Waals surface area contributed by atoms with Crippen molar-refractivity contribution in [1.29, 1.82) is 0 Å². The van der Waals surface area contributed by atoms with Crippen molar-refractivity contribution in [1.82, 2.24) is 9.78 Å². The van der Waals surface area contributed by atoms with E-state index in [1.54, 1.807) is 0 Å². The van der Waals surface area contributed by atoms with E-state index in [4.69, 9.17) is 5.73 Å². The highest BCUT2D eigenvalue weighted by atomic mass is 79.9. The number of aromatic nitrogens is 2. The monoisotopic (exact) mass is 293 g/mol. The summed E-state index contributed by atoms with van der Waals surface area (Å²) < 4.78 is 2.83. The molecule has 1 aliphatic rings. The summed E-state index contributed by atoms with van der Waals surface area (Å²) in [6.45, 7) is 2.11. The van der Waals surface area contributed by atoms with Crippen LogP contribution in [0.2, 0.25) is 0 Å². The van der Waals surface area contributed by atoms with Crippen LogP contribution in [-0.2, 0) is 12.5 Å². The highest BCUT2D eigenvalue weighted by molar-refractivity contribution is 9.10. The lowest BCUT2D eigenvalue weighted by Crippen LogP contribution is -2.31. The molecule has 1 unspecified atom stereocenters. The Balaban J connectivity index is 2.17. The molecule has 0 amide bonds. The van der Waals surface area contributed by atoms with Crippen LogP contribution in [-0.4, -0.2) is 15.8 Å². The number of hydrogen-bond acceptors (Lipinski definition) is 2. The Morgan fingerprint density at radius 2 is 2.18 bits per heavy atom. The molecule has 3 rings (SSSR count). The first-order valence-electron chi connectivity index (χ1n) is 5.93. The van der Waals surface area contributed by atoms with E-state index in [1.807, 2.05) is 11.7 Å². The molecule has 0 aliphatic heterocycles. The Morgan fingerprint density at radius 1 is 1.47 bits per heavy atom. The van der Waals surface area contributed by atoms with Crippen molar-refractivity contribution < 1.29 is 0 Å². The van der Waals surface area contributed by atoms with Crippen molar-refractivity contribution in [3.8, 4) is 0 Å². The van der Waals surface area contributed by atoms with Gasteiger partial charge in [0.15, 0.2) is 0 Å². The zero-order valence-electron chi connectivity index (χ0n) is 10.1. The fourth-order valence-electron chi connectivity index (χ4n) is 2.66. The Morgan fingerprint density at radius 3 is 2.76 bits per heavy atom. The van der Waals surface area contributed by atoms with Crippen LogP contribution in [0.1, 0.15) is 25.3 Å². The second-order valence-corrected chi connectivity index (χ2v) is 5.84. The molecule has 0 radical (unpaired) electrons. The van der Waals surface area contributed by atoms with E-state index in [-0.39, 0.29) is 11.5 Å². The first kappa shape index (κ1) is 11.2. The molecule has 0 bridgehead atoms. The first-order chi connectivity index (χ1) is 8.04. The molecule has 3 nitrogen and oxygen atoms in total. The zero-order chi connectivity index (χ0) is 12.2. The van der Waals surface area contributed by atoms with Crippen molar-refractivity contribution >= 4 is 26.8 Å². The molecule has 1 aliphatic carbocycles. The topological polar surface area (TPSA) is 43.8 Å². The third-order valence-electron chi connectivity index (χ3n) is 4.04. The summed E-state index contributed by atoms with van der Waals surface area (Å²) in [5, 5.41) is 5.54. The lowest BCUT2D eigenvalue weighted by molar-refractivity contribution is 0.557. The van der Waals surface area contributed by atoms with E-state index in [0.29, 0.717) is 0 Å². The van der Waals surface area contributed by atoms with Crippen LogP contribution >= 0.6 is 15.9 Å². The van der Waals surface area contributed by atoms with Crippen LogP contribution in [0.5, 0.6) is 0 Å². The van der Waals surface area contributed by atoms with Gasteiger partial charge in [-0.3, -0.25) is 4.68 Å². The van der Waals surface area contributed by atoms with E-state index in [9.17, 15) is 0 Å². The van der Waals surface area contributed by atoms with Gasteiger partial charge >= 0.3 is 0 Å². The van der Waals surface area contributed by atoms with Gasteiger partial charge in [-0.1, -0.05) is 6.07 Å². The molecule has 0 saturated heterocycles. The van der Waals surface area contributed by atoms with Gasteiger partial charge in [-0.25, -0.2) is 0 Å². The molecule has 2 N–H and O–H groups in total. The summed E-state index contributed by atoms with van der Waals surface area (Å²) in [5.41, 5.74) is 8.86. The lowest BCUT2D eigenvalue weighted by atomic mass is 9.89. The summed E-state index contributed by atoms with van der Waals surface area (Å²) in [6.07, 6.45) is 2.41. The number of aryl methyl sites for hydroxylation is 1. The third-order valence-corrected chi connectivity index (χ3v) is 4.63. The minimum atomic E-state index is 0.213. The predicted octanol–water partition coefficient (Wildman–Crippen LogP) is 2.71. The molecular formula is C13H16BrN3. The average Bonchev–Trinajstić information content (AvgIpc) is 3.04. The molecule has 0 spiro atoms. The minimum Gasteiger partial charge on any atom is -0.327 e. The fourth-order valence-corrected chi connectivity index (χ4v) is 3.24. The van der Waals surface area contributed by atoms with Crippen LogP contribution in [0, 0.1) is 0 Å². The normalized spacial score (nSPS) is 19.5. The summed E-state index contributed by atoms with van der Waals surface area (Å²) in [6, 6.07) is 6.80. The number of fused-ring (bicyclic) bond motifs is 1. The molecule has 1 atom stereocenters. The molecule has 2 aromatic rings. The van der Waals surface area contributed by atoms with Crippen LogP contribution in [0.15, 0.2) is 22.8 Å². The highest BCUT2D eigenvalue weighted by Gasteiger charge is 2.47. The van der Waals surface area contributed by atoms with E-state index < -0.39 is 0 Å². The number of benzene rings is 1. The molecule has 90 valence electrons. The van der Waals surface area contributed by atoms with E-state index in [2.05, 4.69) is 46.2 Å². The van der Waals surface area contributed by atoms with Crippen LogP contribution in [0.3, 0.4) is 0 Å². The van der Waals surface area contributed by atoms with Crippen molar-refractivity contribution in [2.45, 2.75) is 31.2 Å². The van der Waals surface area contributed by atoms with E-state index in [1.165, 1.54) is 23.9 Å².